The number of carbonyl (C=O) groups is 4. The van der Waals surface area contributed by atoms with Crippen LogP contribution in [0.3, 0.4) is 0 Å². The highest BCUT2D eigenvalue weighted by atomic mass is 35.5. The lowest BCUT2D eigenvalue weighted by Gasteiger charge is -2.37. The van der Waals surface area contributed by atoms with E-state index in [-0.39, 0.29) is 36.7 Å². The van der Waals surface area contributed by atoms with E-state index < -0.39 is 4.33 Å². The van der Waals surface area contributed by atoms with Crippen molar-refractivity contribution in [3.63, 3.8) is 0 Å². The Kier molecular flexibility index (Phi) is 10.5. The van der Waals surface area contributed by atoms with Crippen LogP contribution in [0.25, 0.3) is 0 Å². The molecule has 2 aromatic rings. The lowest BCUT2D eigenvalue weighted by atomic mass is 9.79. The maximum atomic E-state index is 11.6. The van der Waals surface area contributed by atoms with Crippen molar-refractivity contribution in [3.8, 4) is 0 Å². The fourth-order valence-electron chi connectivity index (χ4n) is 3.89. The summed E-state index contributed by atoms with van der Waals surface area (Å²) in [4.78, 5) is 44.9. The van der Waals surface area contributed by atoms with Crippen LogP contribution in [-0.4, -0.2) is 27.8 Å². The van der Waals surface area contributed by atoms with Gasteiger partial charge in [-0.2, -0.15) is 0 Å². The molecule has 8 heteroatoms. The summed E-state index contributed by atoms with van der Waals surface area (Å²) >= 11 is 11.7. The quantitative estimate of drug-likeness (QED) is 0.285. The third-order valence-electron chi connectivity index (χ3n) is 6.29. The highest BCUT2D eigenvalue weighted by molar-refractivity contribution is 6.60. The average molecular weight is 533 g/mol. The Morgan fingerprint density at radius 3 is 1.64 bits per heavy atom. The van der Waals surface area contributed by atoms with Gasteiger partial charge >= 0.3 is 11.9 Å². The van der Waals surface area contributed by atoms with Crippen LogP contribution < -0.4 is 0 Å². The summed E-state index contributed by atoms with van der Waals surface area (Å²) in [5.41, 5.74) is 1.94. The molecule has 0 saturated heterocycles. The number of rotatable bonds is 10. The summed E-state index contributed by atoms with van der Waals surface area (Å²) in [5.74, 6) is -0.0638. The fourth-order valence-corrected chi connectivity index (χ4v) is 4.42. The zero-order chi connectivity index (χ0) is 26.0. The Morgan fingerprint density at radius 2 is 1.22 bits per heavy atom. The molecule has 0 amide bonds. The van der Waals surface area contributed by atoms with Gasteiger partial charge in [-0.3, -0.25) is 19.2 Å². The number of halogens is 2. The summed E-state index contributed by atoms with van der Waals surface area (Å²) in [6, 6.07) is 19.1. The predicted octanol–water partition coefficient (Wildman–Crippen LogP) is 5.76. The van der Waals surface area contributed by atoms with E-state index in [2.05, 4.69) is 0 Å². The van der Waals surface area contributed by atoms with Crippen LogP contribution in [0.2, 0.25) is 0 Å². The molecule has 0 aromatic heterocycles. The monoisotopic (exact) mass is 532 g/mol. The second-order valence-corrected chi connectivity index (χ2v) is 10.5. The van der Waals surface area contributed by atoms with Gasteiger partial charge in [0.05, 0.1) is 0 Å². The van der Waals surface area contributed by atoms with Gasteiger partial charge in [0.1, 0.15) is 19.0 Å². The van der Waals surface area contributed by atoms with Gasteiger partial charge in [-0.1, -0.05) is 83.9 Å². The van der Waals surface area contributed by atoms with Gasteiger partial charge in [0.2, 0.25) is 0 Å². The van der Waals surface area contributed by atoms with E-state index in [1.165, 1.54) is 0 Å². The molecule has 6 nitrogen and oxygen atoms in total. The molecule has 2 aliphatic rings. The molecule has 2 aliphatic carbocycles. The third-order valence-corrected chi connectivity index (χ3v) is 7.33. The van der Waals surface area contributed by atoms with E-state index >= 15 is 0 Å². The highest BCUT2D eigenvalue weighted by Gasteiger charge is 2.52. The number of hydrogen-bond donors (Lipinski definition) is 0. The molecule has 192 valence electrons. The predicted molar refractivity (Wildman–Crippen MR) is 136 cm³/mol. The zero-order valence-corrected chi connectivity index (χ0v) is 21.5. The van der Waals surface area contributed by atoms with Crippen molar-refractivity contribution in [1.29, 1.82) is 0 Å². The SMILES string of the molecule is O=C(CCC1CC(=O)C1(Cl)Cl)OCc1ccccc1.O=C1CC(CCC(=O)OCc2ccccc2)C1. The number of ether oxygens (including phenoxy) is 2. The van der Waals surface area contributed by atoms with Crippen molar-refractivity contribution < 1.29 is 28.7 Å². The number of alkyl halides is 2. The smallest absolute Gasteiger partial charge is 0.306 e. The van der Waals surface area contributed by atoms with Gasteiger partial charge in [0.25, 0.3) is 0 Å². The van der Waals surface area contributed by atoms with Gasteiger partial charge in [-0.05, 0) is 29.9 Å². The molecule has 2 saturated carbocycles. The van der Waals surface area contributed by atoms with Crippen molar-refractivity contribution in [2.45, 2.75) is 62.5 Å². The van der Waals surface area contributed by atoms with Gasteiger partial charge in [-0.15, -0.1) is 0 Å². The van der Waals surface area contributed by atoms with Gasteiger partial charge in [-0.25, -0.2) is 0 Å². The molecule has 0 bridgehead atoms. The van der Waals surface area contributed by atoms with Crippen LogP contribution in [0.1, 0.15) is 56.1 Å². The van der Waals surface area contributed by atoms with Crippen molar-refractivity contribution in [3.05, 3.63) is 71.8 Å². The molecule has 0 N–H and O–H groups in total. The summed E-state index contributed by atoms with van der Waals surface area (Å²) in [6.07, 6.45) is 3.54. The van der Waals surface area contributed by atoms with Crippen LogP contribution in [0.5, 0.6) is 0 Å². The maximum Gasteiger partial charge on any atom is 0.306 e. The van der Waals surface area contributed by atoms with Crippen molar-refractivity contribution in [1.82, 2.24) is 0 Å². The molecule has 0 aliphatic heterocycles. The molecule has 1 unspecified atom stereocenters. The summed E-state index contributed by atoms with van der Waals surface area (Å²) in [7, 11) is 0. The highest BCUT2D eigenvalue weighted by Crippen LogP contribution is 2.46. The number of Topliss-reactive ketones (excluding diaryl/α,β-unsaturated/α-hetero) is 2. The van der Waals surface area contributed by atoms with E-state index in [1.54, 1.807) is 0 Å². The summed E-state index contributed by atoms with van der Waals surface area (Å²) in [6.45, 7) is 0.597. The first-order valence-corrected chi connectivity index (χ1v) is 12.8. The molecule has 2 aromatic carbocycles. The molecule has 0 spiro atoms. The fraction of sp³-hybridized carbons (Fsp3) is 0.429. The third kappa shape index (κ3) is 8.75. The Balaban J connectivity index is 0.000000202. The molecule has 0 heterocycles. The Bertz CT molecular complexity index is 1030. The molecule has 36 heavy (non-hydrogen) atoms. The Labute approximate surface area is 221 Å². The van der Waals surface area contributed by atoms with E-state index in [0.29, 0.717) is 50.4 Å². The standard InChI is InChI=1S/C14H14Cl2O3.C14H16O3/c15-14(16)11(8-12(14)17)6-7-13(18)19-9-10-4-2-1-3-5-10;15-13-8-12(9-13)6-7-14(16)17-10-11-4-2-1-3-5-11/h1-5,11H,6-9H2;1-5,12H,6-10H2. The molecule has 2 fully saturated rings. The second-order valence-electron chi connectivity index (χ2n) is 9.13. The van der Waals surface area contributed by atoms with Gasteiger partial charge in [0.15, 0.2) is 10.1 Å². The zero-order valence-electron chi connectivity index (χ0n) is 20.0. The van der Waals surface area contributed by atoms with E-state index in [4.69, 9.17) is 32.7 Å². The van der Waals surface area contributed by atoms with Crippen LogP contribution in [0.4, 0.5) is 0 Å². The Hall–Kier alpha value is -2.70. The number of ketones is 2. The lowest BCUT2D eigenvalue weighted by Crippen LogP contribution is -2.47. The maximum absolute atomic E-state index is 11.6. The lowest BCUT2D eigenvalue weighted by molar-refractivity contribution is -0.146. The topological polar surface area (TPSA) is 86.7 Å². The minimum absolute atomic E-state index is 0.146. The van der Waals surface area contributed by atoms with Crippen LogP contribution in [0.15, 0.2) is 60.7 Å². The van der Waals surface area contributed by atoms with Crippen LogP contribution >= 0.6 is 23.2 Å². The number of carbonyl (C=O) groups excluding carboxylic acids is 4. The molecule has 1 atom stereocenters. The number of hydrogen-bond acceptors (Lipinski definition) is 6. The van der Waals surface area contributed by atoms with E-state index in [9.17, 15) is 19.2 Å². The normalized spacial score (nSPS) is 18.2. The number of esters is 2. The first-order valence-electron chi connectivity index (χ1n) is 12.1. The molecule has 4 rings (SSSR count). The summed E-state index contributed by atoms with van der Waals surface area (Å²) < 4.78 is 8.98. The average Bonchev–Trinajstić information content (AvgIpc) is 2.87. The van der Waals surface area contributed by atoms with Crippen molar-refractivity contribution >= 4 is 46.7 Å². The first kappa shape index (κ1) is 27.9. The van der Waals surface area contributed by atoms with Crippen LogP contribution in [0, 0.1) is 11.8 Å². The first-order chi connectivity index (χ1) is 17.2. The molecular formula is C28H30Cl2O6. The summed E-state index contributed by atoms with van der Waals surface area (Å²) in [5, 5.41) is 0. The van der Waals surface area contributed by atoms with Gasteiger partial charge in [0, 0.05) is 38.0 Å². The van der Waals surface area contributed by atoms with E-state index in [1.807, 2.05) is 60.7 Å². The number of benzene rings is 2. The molecule has 0 radical (unpaired) electrons. The van der Waals surface area contributed by atoms with Gasteiger partial charge < -0.3 is 9.47 Å². The molecular weight excluding hydrogens is 503 g/mol. The Morgan fingerprint density at radius 1 is 0.750 bits per heavy atom. The minimum atomic E-state index is -1.31. The largest absolute Gasteiger partial charge is 0.461 e. The van der Waals surface area contributed by atoms with Crippen molar-refractivity contribution in [2.75, 3.05) is 0 Å². The minimum Gasteiger partial charge on any atom is -0.461 e. The second kappa shape index (κ2) is 13.6. The van der Waals surface area contributed by atoms with Crippen molar-refractivity contribution in [2.24, 2.45) is 11.8 Å². The van der Waals surface area contributed by atoms with E-state index in [0.717, 1.165) is 17.5 Å². The van der Waals surface area contributed by atoms with Crippen LogP contribution in [-0.2, 0) is 41.9 Å².